The van der Waals surface area contributed by atoms with Gasteiger partial charge in [0, 0.05) is 29.4 Å². The number of amides is 1. The van der Waals surface area contributed by atoms with Crippen LogP contribution >= 0.6 is 11.3 Å². The Morgan fingerprint density at radius 2 is 1.70 bits per heavy atom. The Hall–Kier alpha value is -4.56. The summed E-state index contributed by atoms with van der Waals surface area (Å²) in [4.78, 5) is 19.6. The van der Waals surface area contributed by atoms with Gasteiger partial charge in [-0.25, -0.2) is 4.98 Å². The third kappa shape index (κ3) is 4.79. The number of hydrogen-bond donors (Lipinski definition) is 1. The van der Waals surface area contributed by atoms with Crippen molar-refractivity contribution < 1.29 is 9.53 Å². The minimum absolute atomic E-state index is 0.00983. The lowest BCUT2D eigenvalue weighted by atomic mass is 9.99. The molecular formula is C29H23N5O2S. The predicted octanol–water partition coefficient (Wildman–Crippen LogP) is 6.73. The second-order valence-corrected chi connectivity index (χ2v) is 9.52. The summed E-state index contributed by atoms with van der Waals surface area (Å²) in [7, 11) is 0. The molecule has 1 amide bonds. The predicted molar refractivity (Wildman–Crippen MR) is 146 cm³/mol. The fraction of sp³-hybridized carbons (Fsp3) is 0.103. The Bertz CT molecular complexity index is 1540. The Labute approximate surface area is 218 Å². The van der Waals surface area contributed by atoms with Gasteiger partial charge in [-0.05, 0) is 49.2 Å². The van der Waals surface area contributed by atoms with Crippen LogP contribution in [0.5, 0.6) is 11.6 Å². The average molecular weight is 506 g/mol. The summed E-state index contributed by atoms with van der Waals surface area (Å²) in [5, 5.41) is 13.4. The fourth-order valence-corrected chi connectivity index (χ4v) is 5.15. The zero-order valence-electron chi connectivity index (χ0n) is 19.9. The number of pyridine rings is 1. The van der Waals surface area contributed by atoms with Crippen LogP contribution < -0.4 is 15.0 Å². The van der Waals surface area contributed by atoms with Crippen LogP contribution in [-0.2, 0) is 6.42 Å². The topological polar surface area (TPSA) is 80.2 Å². The van der Waals surface area contributed by atoms with Crippen LogP contribution in [0.4, 0.5) is 16.5 Å². The molecule has 0 bridgehead atoms. The molecule has 0 aliphatic carbocycles. The molecule has 1 aliphatic heterocycles. The normalized spacial score (nSPS) is 12.6. The maximum Gasteiger partial charge on any atom is 0.258 e. The molecule has 5 aromatic rings. The van der Waals surface area contributed by atoms with Gasteiger partial charge in [0.15, 0.2) is 0 Å². The Kier molecular flexibility index (Phi) is 6.31. The van der Waals surface area contributed by atoms with Crippen LogP contribution in [0.25, 0.3) is 10.6 Å². The lowest BCUT2D eigenvalue weighted by molar-refractivity contribution is 0.0985. The molecule has 1 N–H and O–H groups in total. The molecule has 8 heteroatoms. The monoisotopic (exact) mass is 505 g/mol. The van der Waals surface area contributed by atoms with Gasteiger partial charge in [0.25, 0.3) is 5.91 Å². The molecule has 0 fully saturated rings. The Morgan fingerprint density at radius 1 is 0.892 bits per heavy atom. The van der Waals surface area contributed by atoms with Crippen molar-refractivity contribution in [2.45, 2.75) is 12.8 Å². The van der Waals surface area contributed by atoms with E-state index in [0.717, 1.165) is 34.7 Å². The number of fused-ring (bicyclic) bond motifs is 1. The van der Waals surface area contributed by atoms with Crippen LogP contribution in [0.15, 0.2) is 97.2 Å². The van der Waals surface area contributed by atoms with E-state index >= 15 is 0 Å². The number of benzene rings is 3. The molecule has 6 rings (SSSR count). The summed E-state index contributed by atoms with van der Waals surface area (Å²) >= 11 is 1.46. The van der Waals surface area contributed by atoms with Gasteiger partial charge >= 0.3 is 0 Å². The van der Waals surface area contributed by atoms with Crippen molar-refractivity contribution >= 4 is 33.8 Å². The maximum absolute atomic E-state index is 13.2. The molecule has 0 saturated carbocycles. The maximum atomic E-state index is 13.2. The SMILES string of the molecule is O=C(c1ccccc1)N1CCCc2c(Oc3ncccc3Nc3nnc(-c4ccccc4)s3)cccc21. The summed E-state index contributed by atoms with van der Waals surface area (Å²) in [5.41, 5.74) is 4.24. The molecule has 37 heavy (non-hydrogen) atoms. The first kappa shape index (κ1) is 22.9. The first-order valence-electron chi connectivity index (χ1n) is 12.0. The summed E-state index contributed by atoms with van der Waals surface area (Å²) in [5.74, 6) is 1.11. The van der Waals surface area contributed by atoms with Crippen molar-refractivity contribution in [2.75, 3.05) is 16.8 Å². The standard InChI is InChI=1S/C29H23N5O2S/c35-28(21-12-5-2-6-13-21)34-19-9-14-22-24(34)16-7-17-25(22)36-26-23(15-8-18-30-26)31-29-33-32-27(37-29)20-10-3-1-4-11-20/h1-8,10-13,15-18H,9,14,19H2,(H,31,33). The van der Waals surface area contributed by atoms with Gasteiger partial charge < -0.3 is 15.0 Å². The quantitative estimate of drug-likeness (QED) is 0.276. The molecule has 0 spiro atoms. The number of nitrogens with one attached hydrogen (secondary N) is 1. The number of rotatable bonds is 6. The number of carbonyl (C=O) groups excluding carboxylic acids is 1. The second kappa shape index (κ2) is 10.2. The van der Waals surface area contributed by atoms with Crippen LogP contribution in [0.2, 0.25) is 0 Å². The van der Waals surface area contributed by atoms with E-state index in [-0.39, 0.29) is 5.91 Å². The first-order chi connectivity index (χ1) is 18.3. The minimum Gasteiger partial charge on any atom is -0.437 e. The second-order valence-electron chi connectivity index (χ2n) is 8.54. The molecule has 182 valence electrons. The van der Waals surface area contributed by atoms with E-state index in [1.165, 1.54) is 11.3 Å². The highest BCUT2D eigenvalue weighted by molar-refractivity contribution is 7.18. The zero-order chi connectivity index (χ0) is 25.0. The molecule has 2 aromatic heterocycles. The number of hydrogen-bond acceptors (Lipinski definition) is 7. The van der Waals surface area contributed by atoms with Gasteiger partial charge in [0.05, 0.1) is 5.69 Å². The van der Waals surface area contributed by atoms with E-state index in [0.29, 0.717) is 34.6 Å². The molecule has 7 nitrogen and oxygen atoms in total. The van der Waals surface area contributed by atoms with Crippen molar-refractivity contribution in [3.05, 3.63) is 108 Å². The number of aromatic nitrogens is 3. The zero-order valence-corrected chi connectivity index (χ0v) is 20.7. The summed E-state index contributed by atoms with van der Waals surface area (Å²) in [6, 6.07) is 28.9. The van der Waals surface area contributed by atoms with Crippen LogP contribution in [-0.4, -0.2) is 27.6 Å². The van der Waals surface area contributed by atoms with Crippen molar-refractivity contribution in [3.8, 4) is 22.2 Å². The van der Waals surface area contributed by atoms with E-state index in [2.05, 4.69) is 20.5 Å². The molecule has 0 saturated heterocycles. The highest BCUT2D eigenvalue weighted by Crippen LogP contribution is 2.39. The van der Waals surface area contributed by atoms with Gasteiger partial charge in [-0.1, -0.05) is 65.9 Å². The van der Waals surface area contributed by atoms with Crippen LogP contribution in [0.1, 0.15) is 22.3 Å². The highest BCUT2D eigenvalue weighted by atomic mass is 32.1. The van der Waals surface area contributed by atoms with Crippen LogP contribution in [0.3, 0.4) is 0 Å². The van der Waals surface area contributed by atoms with E-state index < -0.39 is 0 Å². The Morgan fingerprint density at radius 3 is 2.54 bits per heavy atom. The van der Waals surface area contributed by atoms with Crippen molar-refractivity contribution in [1.82, 2.24) is 15.2 Å². The largest absolute Gasteiger partial charge is 0.437 e. The number of ether oxygens (including phenoxy) is 1. The molecule has 0 radical (unpaired) electrons. The molecule has 0 unspecified atom stereocenters. The van der Waals surface area contributed by atoms with Crippen molar-refractivity contribution in [2.24, 2.45) is 0 Å². The smallest absolute Gasteiger partial charge is 0.258 e. The van der Waals surface area contributed by atoms with Crippen molar-refractivity contribution in [3.63, 3.8) is 0 Å². The van der Waals surface area contributed by atoms with E-state index in [1.807, 2.05) is 95.9 Å². The van der Waals surface area contributed by atoms with E-state index in [1.54, 1.807) is 6.20 Å². The number of carbonyl (C=O) groups is 1. The highest BCUT2D eigenvalue weighted by Gasteiger charge is 2.26. The van der Waals surface area contributed by atoms with Gasteiger partial charge in [-0.3, -0.25) is 4.79 Å². The van der Waals surface area contributed by atoms with Gasteiger partial charge in [0.1, 0.15) is 16.4 Å². The molecule has 0 atom stereocenters. The molecular weight excluding hydrogens is 482 g/mol. The molecule has 3 aromatic carbocycles. The number of anilines is 3. The van der Waals surface area contributed by atoms with Crippen molar-refractivity contribution in [1.29, 1.82) is 0 Å². The summed E-state index contributed by atoms with van der Waals surface area (Å²) < 4.78 is 6.35. The molecule has 1 aliphatic rings. The average Bonchev–Trinajstić information content (AvgIpc) is 3.43. The third-order valence-electron chi connectivity index (χ3n) is 6.14. The summed E-state index contributed by atoms with van der Waals surface area (Å²) in [6.07, 6.45) is 3.36. The lowest BCUT2D eigenvalue weighted by Crippen LogP contribution is -2.35. The van der Waals surface area contributed by atoms with Crippen LogP contribution in [0, 0.1) is 0 Å². The fourth-order valence-electron chi connectivity index (χ4n) is 4.39. The van der Waals surface area contributed by atoms with E-state index in [9.17, 15) is 4.79 Å². The third-order valence-corrected chi connectivity index (χ3v) is 7.03. The molecule has 3 heterocycles. The van der Waals surface area contributed by atoms with Gasteiger partial charge in [-0.15, -0.1) is 10.2 Å². The minimum atomic E-state index is -0.00983. The number of nitrogens with zero attached hydrogens (tertiary/aromatic N) is 4. The van der Waals surface area contributed by atoms with Gasteiger partial charge in [0.2, 0.25) is 11.0 Å². The first-order valence-corrected chi connectivity index (χ1v) is 12.9. The lowest BCUT2D eigenvalue weighted by Gasteiger charge is -2.30. The van der Waals surface area contributed by atoms with E-state index in [4.69, 9.17) is 4.74 Å². The van der Waals surface area contributed by atoms with Gasteiger partial charge in [-0.2, -0.15) is 0 Å². The Balaban J connectivity index is 1.27. The summed E-state index contributed by atoms with van der Waals surface area (Å²) in [6.45, 7) is 0.668.